The van der Waals surface area contributed by atoms with Crippen molar-refractivity contribution >= 4 is 26.7 Å². The molecule has 0 unspecified atom stereocenters. The molecule has 4 rings (SSSR count). The van der Waals surface area contributed by atoms with Crippen molar-refractivity contribution in [1.29, 1.82) is 0 Å². The number of nitrogens with two attached hydrogens (primary N) is 1. The summed E-state index contributed by atoms with van der Waals surface area (Å²) in [6.45, 7) is 0. The Bertz CT molecular complexity index is 1360. The van der Waals surface area contributed by atoms with Gasteiger partial charge in [-0.25, -0.2) is 23.4 Å². The number of aromatic amines is 1. The van der Waals surface area contributed by atoms with Crippen LogP contribution in [-0.2, 0) is 16.0 Å². The van der Waals surface area contributed by atoms with Crippen molar-refractivity contribution in [3.8, 4) is 22.8 Å². The van der Waals surface area contributed by atoms with E-state index in [-0.39, 0.29) is 27.7 Å². The molecular weight excluding hydrogens is 419 g/mol. The van der Waals surface area contributed by atoms with Gasteiger partial charge in [0.05, 0.1) is 33.4 Å². The van der Waals surface area contributed by atoms with Gasteiger partial charge in [0, 0.05) is 11.8 Å². The fourth-order valence-corrected chi connectivity index (χ4v) is 3.51. The van der Waals surface area contributed by atoms with Gasteiger partial charge in [-0.2, -0.15) is 13.2 Å². The van der Waals surface area contributed by atoms with Crippen LogP contribution in [0.4, 0.5) is 19.0 Å². The number of alkyl halides is 3. The fourth-order valence-electron chi connectivity index (χ4n) is 2.88. The molecule has 7 nitrogen and oxygen atoms in total. The van der Waals surface area contributed by atoms with E-state index >= 15 is 0 Å². The quantitative estimate of drug-likeness (QED) is 0.509. The first-order valence-corrected chi connectivity index (χ1v) is 10.4. The van der Waals surface area contributed by atoms with E-state index in [2.05, 4.69) is 19.9 Å². The first-order chi connectivity index (χ1) is 14.0. The molecule has 0 atom stereocenters. The van der Waals surface area contributed by atoms with E-state index in [4.69, 9.17) is 5.73 Å². The lowest BCUT2D eigenvalue weighted by molar-refractivity contribution is -0.137. The molecule has 30 heavy (non-hydrogen) atoms. The second kappa shape index (κ2) is 6.80. The summed E-state index contributed by atoms with van der Waals surface area (Å²) in [5.41, 5.74) is 6.77. The third-order valence-corrected chi connectivity index (χ3v) is 5.54. The highest BCUT2D eigenvalue weighted by Gasteiger charge is 2.30. The number of sulfone groups is 1. The summed E-state index contributed by atoms with van der Waals surface area (Å²) in [6, 6.07) is 9.22. The molecule has 11 heteroatoms. The van der Waals surface area contributed by atoms with Crippen LogP contribution < -0.4 is 5.73 Å². The molecule has 0 bridgehead atoms. The lowest BCUT2D eigenvalue weighted by Crippen LogP contribution is -2.04. The molecule has 0 fully saturated rings. The summed E-state index contributed by atoms with van der Waals surface area (Å²) in [5.74, 6) is 0.213. The number of fused-ring (bicyclic) bond motifs is 1. The number of rotatable bonds is 3. The van der Waals surface area contributed by atoms with Crippen LogP contribution in [0.15, 0.2) is 53.6 Å². The van der Waals surface area contributed by atoms with Crippen molar-refractivity contribution in [2.24, 2.45) is 0 Å². The standard InChI is InChI=1S/C19H14F3N5O2S/c1-30(28,29)12-5-2-10(3-6-12)15-9-24-17(23)16(25-15)18-26-13-7-4-11(19(20,21)22)8-14(13)27-18/h2-9H,1H3,(H2,23,24)(H,26,27). The Morgan fingerprint density at radius 2 is 1.73 bits per heavy atom. The van der Waals surface area contributed by atoms with Gasteiger partial charge in [0.1, 0.15) is 5.69 Å². The number of benzene rings is 2. The van der Waals surface area contributed by atoms with Crippen LogP contribution in [-0.4, -0.2) is 34.6 Å². The number of aromatic nitrogens is 4. The molecule has 2 aromatic carbocycles. The van der Waals surface area contributed by atoms with Gasteiger partial charge in [-0.05, 0) is 30.3 Å². The van der Waals surface area contributed by atoms with Crippen LogP contribution in [0, 0.1) is 0 Å². The monoisotopic (exact) mass is 433 g/mol. The van der Waals surface area contributed by atoms with Crippen LogP contribution in [0.5, 0.6) is 0 Å². The first kappa shape index (κ1) is 19.8. The average Bonchev–Trinajstić information content (AvgIpc) is 3.10. The number of imidazole rings is 1. The molecule has 0 radical (unpaired) electrons. The molecule has 0 aliphatic rings. The molecule has 0 amide bonds. The summed E-state index contributed by atoms with van der Waals surface area (Å²) >= 11 is 0. The molecule has 0 saturated carbocycles. The lowest BCUT2D eigenvalue weighted by atomic mass is 10.1. The van der Waals surface area contributed by atoms with Gasteiger partial charge >= 0.3 is 6.18 Å². The zero-order chi connectivity index (χ0) is 21.7. The highest BCUT2D eigenvalue weighted by molar-refractivity contribution is 7.90. The highest BCUT2D eigenvalue weighted by Crippen LogP contribution is 2.32. The summed E-state index contributed by atoms with van der Waals surface area (Å²) in [7, 11) is -3.34. The van der Waals surface area contributed by atoms with Crippen LogP contribution in [0.1, 0.15) is 5.56 Å². The van der Waals surface area contributed by atoms with Crippen molar-refractivity contribution in [1.82, 2.24) is 19.9 Å². The third-order valence-electron chi connectivity index (χ3n) is 4.41. The van der Waals surface area contributed by atoms with E-state index in [1.165, 1.54) is 24.4 Å². The Kier molecular flexibility index (Phi) is 4.49. The van der Waals surface area contributed by atoms with Crippen LogP contribution >= 0.6 is 0 Å². The van der Waals surface area contributed by atoms with Gasteiger partial charge in [0.25, 0.3) is 0 Å². The molecule has 0 aliphatic carbocycles. The zero-order valence-electron chi connectivity index (χ0n) is 15.4. The first-order valence-electron chi connectivity index (χ1n) is 8.53. The maximum Gasteiger partial charge on any atom is 0.416 e. The predicted octanol–water partition coefficient (Wildman–Crippen LogP) is 3.69. The van der Waals surface area contributed by atoms with Crippen molar-refractivity contribution in [2.75, 3.05) is 12.0 Å². The van der Waals surface area contributed by atoms with E-state index < -0.39 is 21.6 Å². The Morgan fingerprint density at radius 3 is 2.37 bits per heavy atom. The summed E-state index contributed by atoms with van der Waals surface area (Å²) in [6.07, 6.45) is -1.95. The Morgan fingerprint density at radius 1 is 1.03 bits per heavy atom. The molecule has 4 aromatic rings. The molecule has 0 saturated heterocycles. The Hall–Kier alpha value is -3.47. The maximum atomic E-state index is 12.9. The number of nitrogen functional groups attached to an aromatic ring is 1. The molecular formula is C19H14F3N5O2S. The van der Waals surface area contributed by atoms with Gasteiger partial charge < -0.3 is 10.7 Å². The van der Waals surface area contributed by atoms with Crippen LogP contribution in [0.2, 0.25) is 0 Å². The van der Waals surface area contributed by atoms with Crippen molar-refractivity contribution < 1.29 is 21.6 Å². The van der Waals surface area contributed by atoms with E-state index in [0.29, 0.717) is 16.8 Å². The van der Waals surface area contributed by atoms with E-state index in [0.717, 1.165) is 18.4 Å². The lowest BCUT2D eigenvalue weighted by Gasteiger charge is -2.06. The van der Waals surface area contributed by atoms with Gasteiger partial charge in [0.15, 0.2) is 21.5 Å². The summed E-state index contributed by atoms with van der Waals surface area (Å²) in [4.78, 5) is 15.7. The average molecular weight is 433 g/mol. The van der Waals surface area contributed by atoms with Crippen molar-refractivity contribution in [2.45, 2.75) is 11.1 Å². The maximum absolute atomic E-state index is 12.9. The molecule has 2 heterocycles. The number of H-pyrrole nitrogens is 1. The smallest absolute Gasteiger partial charge is 0.382 e. The van der Waals surface area contributed by atoms with Gasteiger partial charge in [-0.3, -0.25) is 0 Å². The number of hydrogen-bond donors (Lipinski definition) is 2. The van der Waals surface area contributed by atoms with E-state index in [9.17, 15) is 21.6 Å². The normalized spacial score (nSPS) is 12.4. The number of nitrogens with one attached hydrogen (secondary N) is 1. The Balaban J connectivity index is 1.77. The van der Waals surface area contributed by atoms with Crippen molar-refractivity contribution in [3.05, 3.63) is 54.2 Å². The topological polar surface area (TPSA) is 115 Å². The van der Waals surface area contributed by atoms with Crippen LogP contribution in [0.3, 0.4) is 0 Å². The minimum atomic E-state index is -4.48. The SMILES string of the molecule is CS(=O)(=O)c1ccc(-c2cnc(N)c(-c3nc4ccc(C(F)(F)F)cc4[nH]3)n2)cc1. The molecule has 2 aromatic heterocycles. The van der Waals surface area contributed by atoms with Crippen LogP contribution in [0.25, 0.3) is 33.8 Å². The Labute approximate surface area is 168 Å². The fraction of sp³-hybridized carbons (Fsp3) is 0.105. The number of anilines is 1. The molecule has 3 N–H and O–H groups in total. The van der Waals surface area contributed by atoms with Gasteiger partial charge in [-0.15, -0.1) is 0 Å². The number of hydrogen-bond acceptors (Lipinski definition) is 6. The second-order valence-electron chi connectivity index (χ2n) is 6.60. The predicted molar refractivity (Wildman–Crippen MR) is 105 cm³/mol. The zero-order valence-corrected chi connectivity index (χ0v) is 16.2. The van der Waals surface area contributed by atoms with E-state index in [1.807, 2.05) is 0 Å². The minimum Gasteiger partial charge on any atom is -0.382 e. The third kappa shape index (κ3) is 3.71. The summed E-state index contributed by atoms with van der Waals surface area (Å²) in [5, 5.41) is 0. The van der Waals surface area contributed by atoms with Gasteiger partial charge in [0.2, 0.25) is 0 Å². The number of nitrogens with zero attached hydrogens (tertiary/aromatic N) is 3. The number of halogens is 3. The minimum absolute atomic E-state index is 0.0432. The highest BCUT2D eigenvalue weighted by atomic mass is 32.2. The summed E-state index contributed by atoms with van der Waals surface area (Å²) < 4.78 is 62.0. The molecule has 154 valence electrons. The largest absolute Gasteiger partial charge is 0.416 e. The molecule has 0 aliphatic heterocycles. The molecule has 0 spiro atoms. The van der Waals surface area contributed by atoms with Gasteiger partial charge in [-0.1, -0.05) is 12.1 Å². The van der Waals surface area contributed by atoms with Crippen molar-refractivity contribution in [3.63, 3.8) is 0 Å². The van der Waals surface area contributed by atoms with E-state index in [1.54, 1.807) is 12.1 Å². The second-order valence-corrected chi connectivity index (χ2v) is 8.62.